The zero-order valence-electron chi connectivity index (χ0n) is 15.2. The summed E-state index contributed by atoms with van der Waals surface area (Å²) in [5.41, 5.74) is 7.96. The molecule has 1 aliphatic rings. The zero-order valence-corrected chi connectivity index (χ0v) is 16.9. The first-order chi connectivity index (χ1) is 11.0. The smallest absolute Gasteiger partial charge is 0.241 e. The third-order valence-electron chi connectivity index (χ3n) is 4.32. The number of hydrogen-bond donors (Lipinski definition) is 2. The molecule has 1 heterocycles. The first-order valence-corrected chi connectivity index (χ1v) is 8.45. The fourth-order valence-electron chi connectivity index (χ4n) is 2.87. The van der Waals surface area contributed by atoms with Crippen LogP contribution in [-0.2, 0) is 9.53 Å². The number of amides is 1. The van der Waals surface area contributed by atoms with E-state index in [9.17, 15) is 4.79 Å². The molecule has 1 aromatic carbocycles. The number of nitrogens with two attached hydrogens (primary N) is 1. The van der Waals surface area contributed by atoms with Crippen LogP contribution in [0, 0.1) is 5.92 Å². The number of carbonyl (C=O) groups excluding carboxylic acids is 1. The number of anilines is 1. The van der Waals surface area contributed by atoms with Gasteiger partial charge in [-0.25, -0.2) is 0 Å². The fraction of sp³-hybridized carbons (Fsp3) is 0.611. The Morgan fingerprint density at radius 2 is 1.72 bits per heavy atom. The zero-order chi connectivity index (χ0) is 16.8. The number of nitrogens with zero attached hydrogens (tertiary/aromatic N) is 1. The van der Waals surface area contributed by atoms with Crippen LogP contribution in [0.3, 0.4) is 0 Å². The molecule has 2 rings (SSSR count). The highest BCUT2D eigenvalue weighted by atomic mass is 35.5. The molecule has 3 N–H and O–H groups in total. The lowest BCUT2D eigenvalue weighted by atomic mass is 10.0. The van der Waals surface area contributed by atoms with Gasteiger partial charge in [-0.05, 0) is 37.0 Å². The SMILES string of the molecule is CC(C)C[C@H](N)C(=O)Nc1ccc(C(C)N2CCOCC2)cc1.Cl.Cl. The summed E-state index contributed by atoms with van der Waals surface area (Å²) in [4.78, 5) is 14.5. The minimum Gasteiger partial charge on any atom is -0.379 e. The van der Waals surface area contributed by atoms with Crippen LogP contribution in [0.1, 0.15) is 38.8 Å². The number of carbonyl (C=O) groups is 1. The van der Waals surface area contributed by atoms with Crippen molar-refractivity contribution in [1.29, 1.82) is 0 Å². The average Bonchev–Trinajstić information content (AvgIpc) is 2.55. The highest BCUT2D eigenvalue weighted by Crippen LogP contribution is 2.22. The molecule has 1 aromatic rings. The van der Waals surface area contributed by atoms with Gasteiger partial charge in [0.2, 0.25) is 5.91 Å². The van der Waals surface area contributed by atoms with Gasteiger partial charge in [0.15, 0.2) is 0 Å². The predicted molar refractivity (Wildman–Crippen MR) is 108 cm³/mol. The fourth-order valence-corrected chi connectivity index (χ4v) is 2.87. The Balaban J connectivity index is 0.00000288. The molecule has 0 aliphatic carbocycles. The molecule has 1 unspecified atom stereocenters. The molecule has 0 radical (unpaired) electrons. The van der Waals surface area contributed by atoms with Crippen molar-refractivity contribution < 1.29 is 9.53 Å². The summed E-state index contributed by atoms with van der Waals surface area (Å²) in [6, 6.07) is 7.94. The molecular formula is C18H31Cl2N3O2. The lowest BCUT2D eigenvalue weighted by Crippen LogP contribution is -2.38. The van der Waals surface area contributed by atoms with Gasteiger partial charge in [-0.3, -0.25) is 9.69 Å². The lowest BCUT2D eigenvalue weighted by Gasteiger charge is -2.32. The van der Waals surface area contributed by atoms with Crippen molar-refractivity contribution in [2.45, 2.75) is 39.3 Å². The Hall–Kier alpha value is -0.850. The molecule has 1 aliphatic heterocycles. The molecule has 1 fully saturated rings. The predicted octanol–water partition coefficient (Wildman–Crippen LogP) is 3.24. The van der Waals surface area contributed by atoms with Crippen molar-refractivity contribution in [2.75, 3.05) is 31.6 Å². The molecule has 144 valence electrons. The average molecular weight is 392 g/mol. The summed E-state index contributed by atoms with van der Waals surface area (Å²) in [5.74, 6) is 0.292. The number of halogens is 2. The number of rotatable bonds is 6. The first-order valence-electron chi connectivity index (χ1n) is 8.45. The van der Waals surface area contributed by atoms with Crippen molar-refractivity contribution >= 4 is 36.4 Å². The Morgan fingerprint density at radius 1 is 1.16 bits per heavy atom. The molecule has 7 heteroatoms. The van der Waals surface area contributed by atoms with E-state index in [4.69, 9.17) is 10.5 Å². The van der Waals surface area contributed by atoms with Gasteiger partial charge in [-0.1, -0.05) is 26.0 Å². The molecule has 1 saturated heterocycles. The Morgan fingerprint density at radius 3 is 2.24 bits per heavy atom. The van der Waals surface area contributed by atoms with E-state index in [-0.39, 0.29) is 30.7 Å². The van der Waals surface area contributed by atoms with Gasteiger partial charge >= 0.3 is 0 Å². The Labute approximate surface area is 163 Å². The topological polar surface area (TPSA) is 67.6 Å². The van der Waals surface area contributed by atoms with Crippen LogP contribution in [0.25, 0.3) is 0 Å². The summed E-state index contributed by atoms with van der Waals surface area (Å²) in [7, 11) is 0. The third kappa shape index (κ3) is 7.50. The number of benzene rings is 1. The van der Waals surface area contributed by atoms with Crippen LogP contribution in [-0.4, -0.2) is 43.2 Å². The summed E-state index contributed by atoms with van der Waals surface area (Å²) < 4.78 is 5.40. The summed E-state index contributed by atoms with van der Waals surface area (Å²) in [5, 5.41) is 2.90. The Bertz CT molecular complexity index is 506. The van der Waals surface area contributed by atoms with Crippen molar-refractivity contribution in [1.82, 2.24) is 4.90 Å². The van der Waals surface area contributed by atoms with Crippen LogP contribution >= 0.6 is 24.8 Å². The van der Waals surface area contributed by atoms with Gasteiger partial charge in [0.05, 0.1) is 19.3 Å². The van der Waals surface area contributed by atoms with Crippen molar-refractivity contribution in [3.63, 3.8) is 0 Å². The molecule has 0 saturated carbocycles. The van der Waals surface area contributed by atoms with Gasteiger partial charge in [-0.2, -0.15) is 0 Å². The maximum absolute atomic E-state index is 12.1. The van der Waals surface area contributed by atoms with Gasteiger partial charge in [0, 0.05) is 24.8 Å². The van der Waals surface area contributed by atoms with Crippen molar-refractivity contribution in [2.24, 2.45) is 11.7 Å². The van der Waals surface area contributed by atoms with E-state index in [2.05, 4.69) is 43.1 Å². The van der Waals surface area contributed by atoms with E-state index in [0.29, 0.717) is 18.4 Å². The standard InChI is InChI=1S/C18H29N3O2.2ClH/c1-13(2)12-17(19)18(22)20-16-6-4-15(5-7-16)14(3)21-8-10-23-11-9-21;;/h4-7,13-14,17H,8-12,19H2,1-3H3,(H,20,22);2*1H/t14?,17-;;/m0../s1. The summed E-state index contributed by atoms with van der Waals surface area (Å²) >= 11 is 0. The van der Waals surface area contributed by atoms with E-state index >= 15 is 0 Å². The molecule has 1 amide bonds. The second-order valence-electron chi connectivity index (χ2n) is 6.67. The second kappa shape index (κ2) is 11.7. The lowest BCUT2D eigenvalue weighted by molar-refractivity contribution is -0.117. The molecule has 0 bridgehead atoms. The molecule has 0 aromatic heterocycles. The van der Waals surface area contributed by atoms with Gasteiger partial charge < -0.3 is 15.8 Å². The van der Waals surface area contributed by atoms with E-state index < -0.39 is 6.04 Å². The van der Waals surface area contributed by atoms with Crippen LogP contribution in [0.2, 0.25) is 0 Å². The Kier molecular flexibility index (Phi) is 11.3. The van der Waals surface area contributed by atoms with E-state index in [1.807, 2.05) is 12.1 Å². The van der Waals surface area contributed by atoms with Crippen LogP contribution in [0.15, 0.2) is 24.3 Å². The van der Waals surface area contributed by atoms with Gasteiger partial charge in [0.25, 0.3) is 0 Å². The molecule has 25 heavy (non-hydrogen) atoms. The second-order valence-corrected chi connectivity index (χ2v) is 6.67. The van der Waals surface area contributed by atoms with Crippen LogP contribution < -0.4 is 11.1 Å². The summed E-state index contributed by atoms with van der Waals surface area (Å²) in [6.45, 7) is 9.85. The van der Waals surface area contributed by atoms with Gasteiger partial charge in [-0.15, -0.1) is 24.8 Å². The highest BCUT2D eigenvalue weighted by Gasteiger charge is 2.19. The number of nitrogens with one attached hydrogen (secondary N) is 1. The summed E-state index contributed by atoms with van der Waals surface area (Å²) in [6.07, 6.45) is 0.692. The molecule has 0 spiro atoms. The first kappa shape index (κ1) is 24.1. The highest BCUT2D eigenvalue weighted by molar-refractivity contribution is 5.94. The minimum absolute atomic E-state index is 0. The number of morpholine rings is 1. The largest absolute Gasteiger partial charge is 0.379 e. The normalized spacial score (nSPS) is 17.2. The number of hydrogen-bond acceptors (Lipinski definition) is 4. The van der Waals surface area contributed by atoms with Crippen LogP contribution in [0.5, 0.6) is 0 Å². The molecule has 5 nitrogen and oxygen atoms in total. The molecule has 2 atom stereocenters. The maximum atomic E-state index is 12.1. The van der Waals surface area contributed by atoms with Gasteiger partial charge in [0.1, 0.15) is 0 Å². The minimum atomic E-state index is -0.457. The van der Waals surface area contributed by atoms with E-state index in [0.717, 1.165) is 32.0 Å². The van der Waals surface area contributed by atoms with E-state index in [1.165, 1.54) is 5.56 Å². The number of ether oxygens (including phenoxy) is 1. The quantitative estimate of drug-likeness (QED) is 0.780. The van der Waals surface area contributed by atoms with E-state index in [1.54, 1.807) is 0 Å². The van der Waals surface area contributed by atoms with Crippen molar-refractivity contribution in [3.8, 4) is 0 Å². The monoisotopic (exact) mass is 391 g/mol. The van der Waals surface area contributed by atoms with Crippen LogP contribution in [0.4, 0.5) is 5.69 Å². The third-order valence-corrected chi connectivity index (χ3v) is 4.32. The van der Waals surface area contributed by atoms with Crippen molar-refractivity contribution in [3.05, 3.63) is 29.8 Å². The maximum Gasteiger partial charge on any atom is 0.241 e. The molecular weight excluding hydrogens is 361 g/mol.